The Hall–Kier alpha value is -2.68. The fourth-order valence-corrected chi connectivity index (χ4v) is 2.36. The fraction of sp³-hybridized carbons (Fsp3) is 0.467. The molecule has 0 spiro atoms. The summed E-state index contributed by atoms with van der Waals surface area (Å²) in [5, 5.41) is 14.7. The number of esters is 1. The Labute approximate surface area is 138 Å². The number of para-hydroxylation sites is 1. The summed E-state index contributed by atoms with van der Waals surface area (Å²) in [5.41, 5.74) is 0.183. The molecule has 0 bridgehead atoms. The van der Waals surface area contributed by atoms with Crippen molar-refractivity contribution in [2.75, 3.05) is 19.7 Å². The fourth-order valence-electron chi connectivity index (χ4n) is 2.36. The molecule has 130 valence electrons. The number of amides is 1. The third-order valence-electron chi connectivity index (χ3n) is 3.52. The predicted molar refractivity (Wildman–Crippen MR) is 83.0 cm³/mol. The molecule has 1 unspecified atom stereocenters. The molecule has 1 fully saturated rings. The standard InChI is InChI=1S/C15H19N3O6/c19-14(17-9-10-23-18(21)22)11-5-1-2-7-13(11)24-15(20)12-6-3-4-8-16-12/h1-2,5,7,12,16H,3-4,6,8-10H2,(H,17,19). The molecular formula is C15H19N3O6. The SMILES string of the molecule is O=C(NCCO[N+](=O)[O-])c1ccccc1OC(=O)C1CCCCN1. The van der Waals surface area contributed by atoms with Crippen molar-refractivity contribution in [2.45, 2.75) is 25.3 Å². The predicted octanol–water partition coefficient (Wildman–Crippen LogP) is 0.672. The van der Waals surface area contributed by atoms with Gasteiger partial charge in [-0.2, -0.15) is 0 Å². The zero-order valence-electron chi connectivity index (χ0n) is 13.0. The molecule has 1 aromatic carbocycles. The minimum atomic E-state index is -0.931. The molecule has 1 atom stereocenters. The molecule has 0 saturated carbocycles. The molecule has 1 aromatic rings. The summed E-state index contributed by atoms with van der Waals surface area (Å²) in [4.78, 5) is 38.5. The molecule has 0 aromatic heterocycles. The molecule has 0 aliphatic carbocycles. The van der Waals surface area contributed by atoms with Crippen LogP contribution in [0.1, 0.15) is 29.6 Å². The van der Waals surface area contributed by atoms with Gasteiger partial charge in [-0.3, -0.25) is 4.79 Å². The van der Waals surface area contributed by atoms with Crippen LogP contribution in [-0.2, 0) is 9.63 Å². The minimum absolute atomic E-state index is 0.0354. The van der Waals surface area contributed by atoms with Gasteiger partial charge >= 0.3 is 5.97 Å². The van der Waals surface area contributed by atoms with Gasteiger partial charge in [-0.1, -0.05) is 18.6 Å². The van der Waals surface area contributed by atoms with Crippen LogP contribution in [0.25, 0.3) is 0 Å². The lowest BCUT2D eigenvalue weighted by Crippen LogP contribution is -2.42. The number of piperidine rings is 1. The van der Waals surface area contributed by atoms with Crippen LogP contribution in [0.2, 0.25) is 0 Å². The first kappa shape index (κ1) is 17.7. The monoisotopic (exact) mass is 337 g/mol. The van der Waals surface area contributed by atoms with E-state index in [0.29, 0.717) is 6.42 Å². The highest BCUT2D eigenvalue weighted by atomic mass is 16.9. The maximum Gasteiger partial charge on any atom is 0.328 e. The zero-order valence-corrected chi connectivity index (χ0v) is 13.0. The lowest BCUT2D eigenvalue weighted by atomic mass is 10.1. The van der Waals surface area contributed by atoms with Gasteiger partial charge in [-0.15, -0.1) is 10.1 Å². The maximum atomic E-state index is 12.2. The molecule has 1 aliphatic rings. The number of nitrogens with one attached hydrogen (secondary N) is 2. The summed E-state index contributed by atoms with van der Waals surface area (Å²) in [6, 6.07) is 5.97. The van der Waals surface area contributed by atoms with Crippen molar-refractivity contribution in [2.24, 2.45) is 0 Å². The molecule has 2 rings (SSSR count). The molecular weight excluding hydrogens is 318 g/mol. The van der Waals surface area contributed by atoms with E-state index < -0.39 is 17.0 Å². The van der Waals surface area contributed by atoms with E-state index in [1.807, 2.05) is 0 Å². The van der Waals surface area contributed by atoms with Crippen LogP contribution in [0, 0.1) is 10.1 Å². The van der Waals surface area contributed by atoms with E-state index in [2.05, 4.69) is 15.5 Å². The lowest BCUT2D eigenvalue weighted by Gasteiger charge is -2.22. The number of hydrogen-bond donors (Lipinski definition) is 2. The van der Waals surface area contributed by atoms with Gasteiger partial charge in [0.25, 0.3) is 11.0 Å². The van der Waals surface area contributed by atoms with E-state index >= 15 is 0 Å². The Kier molecular flexibility index (Phi) is 6.50. The van der Waals surface area contributed by atoms with E-state index in [9.17, 15) is 19.7 Å². The summed E-state index contributed by atoms with van der Waals surface area (Å²) < 4.78 is 5.35. The van der Waals surface area contributed by atoms with Crippen molar-refractivity contribution in [3.8, 4) is 5.75 Å². The van der Waals surface area contributed by atoms with Crippen molar-refractivity contribution < 1.29 is 24.3 Å². The van der Waals surface area contributed by atoms with Crippen molar-refractivity contribution in [3.63, 3.8) is 0 Å². The number of nitrogens with zero attached hydrogens (tertiary/aromatic N) is 1. The summed E-state index contributed by atoms with van der Waals surface area (Å²) in [6.07, 6.45) is 2.67. The van der Waals surface area contributed by atoms with E-state index in [1.165, 1.54) is 12.1 Å². The third kappa shape index (κ3) is 5.20. The molecule has 1 amide bonds. The van der Waals surface area contributed by atoms with Gasteiger partial charge in [0.2, 0.25) is 0 Å². The van der Waals surface area contributed by atoms with Crippen molar-refractivity contribution in [3.05, 3.63) is 39.9 Å². The van der Waals surface area contributed by atoms with Crippen LogP contribution in [0.15, 0.2) is 24.3 Å². The van der Waals surface area contributed by atoms with Gasteiger partial charge in [0, 0.05) is 6.54 Å². The average Bonchev–Trinajstić information content (AvgIpc) is 2.59. The number of ether oxygens (including phenoxy) is 1. The summed E-state index contributed by atoms with van der Waals surface area (Å²) >= 11 is 0. The van der Waals surface area contributed by atoms with Crippen molar-refractivity contribution in [1.29, 1.82) is 0 Å². The molecule has 1 saturated heterocycles. The molecule has 0 radical (unpaired) electrons. The average molecular weight is 337 g/mol. The molecule has 24 heavy (non-hydrogen) atoms. The smallest absolute Gasteiger partial charge is 0.328 e. The summed E-state index contributed by atoms with van der Waals surface area (Å²) in [5.74, 6) is -0.767. The molecule has 1 aliphatic heterocycles. The highest BCUT2D eigenvalue weighted by Gasteiger charge is 2.24. The molecule has 1 heterocycles. The minimum Gasteiger partial charge on any atom is -0.425 e. The number of rotatable bonds is 7. The lowest BCUT2D eigenvalue weighted by molar-refractivity contribution is -0.757. The number of carbonyl (C=O) groups is 2. The van der Waals surface area contributed by atoms with E-state index in [1.54, 1.807) is 12.1 Å². The van der Waals surface area contributed by atoms with E-state index in [4.69, 9.17) is 4.74 Å². The molecule has 9 nitrogen and oxygen atoms in total. The van der Waals surface area contributed by atoms with E-state index in [-0.39, 0.29) is 30.5 Å². The summed E-state index contributed by atoms with van der Waals surface area (Å²) in [6.45, 7) is 0.470. The van der Waals surface area contributed by atoms with Crippen LogP contribution in [0.3, 0.4) is 0 Å². The number of hydrogen-bond acceptors (Lipinski definition) is 7. The topological polar surface area (TPSA) is 120 Å². The Morgan fingerprint density at radius 2 is 2.12 bits per heavy atom. The van der Waals surface area contributed by atoms with E-state index in [0.717, 1.165) is 19.4 Å². The van der Waals surface area contributed by atoms with Gasteiger partial charge in [0.05, 0.1) is 5.56 Å². The first-order valence-electron chi connectivity index (χ1n) is 7.67. The second-order valence-electron chi connectivity index (χ2n) is 5.23. The second kappa shape index (κ2) is 8.82. The zero-order chi connectivity index (χ0) is 17.4. The Morgan fingerprint density at radius 1 is 1.33 bits per heavy atom. The highest BCUT2D eigenvalue weighted by Crippen LogP contribution is 2.19. The second-order valence-corrected chi connectivity index (χ2v) is 5.23. The largest absolute Gasteiger partial charge is 0.425 e. The van der Waals surface area contributed by atoms with Crippen molar-refractivity contribution in [1.82, 2.24) is 10.6 Å². The van der Waals surface area contributed by atoms with Crippen LogP contribution in [-0.4, -0.2) is 42.7 Å². The molecule has 2 N–H and O–H groups in total. The number of carbonyl (C=O) groups excluding carboxylic acids is 2. The summed E-state index contributed by atoms with van der Waals surface area (Å²) in [7, 11) is 0. The Morgan fingerprint density at radius 3 is 2.83 bits per heavy atom. The van der Waals surface area contributed by atoms with Gasteiger partial charge in [-0.25, -0.2) is 4.79 Å². The van der Waals surface area contributed by atoms with Crippen molar-refractivity contribution >= 4 is 11.9 Å². The van der Waals surface area contributed by atoms with Gasteiger partial charge in [0.1, 0.15) is 18.4 Å². The quantitative estimate of drug-likeness (QED) is 0.247. The third-order valence-corrected chi connectivity index (χ3v) is 3.52. The maximum absolute atomic E-state index is 12.2. The van der Waals surface area contributed by atoms with Crippen LogP contribution >= 0.6 is 0 Å². The van der Waals surface area contributed by atoms with Crippen LogP contribution in [0.5, 0.6) is 5.75 Å². The Balaban J connectivity index is 1.94. The van der Waals surface area contributed by atoms with Gasteiger partial charge in [0.15, 0.2) is 0 Å². The normalized spacial score (nSPS) is 16.9. The van der Waals surface area contributed by atoms with Gasteiger partial charge < -0.3 is 20.2 Å². The first-order valence-corrected chi connectivity index (χ1v) is 7.67. The Bertz CT molecular complexity index is 601. The van der Waals surface area contributed by atoms with Gasteiger partial charge in [-0.05, 0) is 31.5 Å². The van der Waals surface area contributed by atoms with Crippen LogP contribution < -0.4 is 15.4 Å². The first-order chi connectivity index (χ1) is 11.6. The molecule has 9 heteroatoms. The highest BCUT2D eigenvalue weighted by molar-refractivity contribution is 5.97. The van der Waals surface area contributed by atoms with Crippen LogP contribution in [0.4, 0.5) is 0 Å². The number of benzene rings is 1.